The number of rotatable bonds is 6. The van der Waals surface area contributed by atoms with Crippen LogP contribution in [-0.2, 0) is 7.05 Å². The lowest BCUT2D eigenvalue weighted by atomic mass is 10.2. The topological polar surface area (TPSA) is 61.9 Å². The lowest BCUT2D eigenvalue weighted by molar-refractivity contribution is -0.153. The largest absolute Gasteiger partial charge is 0.481 e. The van der Waals surface area contributed by atoms with Crippen LogP contribution in [0.3, 0.4) is 0 Å². The molecule has 0 fully saturated rings. The van der Waals surface area contributed by atoms with Gasteiger partial charge in [0.25, 0.3) is 5.56 Å². The lowest BCUT2D eigenvalue weighted by Crippen LogP contribution is -2.22. The number of aryl methyl sites for hydroxylation is 1. The fraction of sp³-hybridized carbons (Fsp3) is 0.278. The van der Waals surface area contributed by atoms with E-state index in [2.05, 4.69) is 14.8 Å². The second-order valence-corrected chi connectivity index (χ2v) is 7.12. The number of hydrogen-bond donors (Lipinski definition) is 0. The second kappa shape index (κ2) is 8.27. The van der Waals surface area contributed by atoms with Crippen molar-refractivity contribution in [2.75, 3.05) is 12.4 Å². The standard InChI is InChI=1S/C18H16F4N4O2S/c1-3-29-17-24-13(14-6-7-23-25(14)2)9-16(27)26(17)11-4-5-15(12(19)8-11)28-10-18(20,21)22/h4-9H,3,10H2,1-2H3. The van der Waals surface area contributed by atoms with Crippen LogP contribution < -0.4 is 10.3 Å². The molecule has 0 saturated carbocycles. The van der Waals surface area contributed by atoms with Gasteiger partial charge in [-0.3, -0.25) is 14.0 Å². The lowest BCUT2D eigenvalue weighted by Gasteiger charge is -2.14. The number of hydrogen-bond acceptors (Lipinski definition) is 5. The number of benzene rings is 1. The van der Waals surface area contributed by atoms with E-state index in [0.29, 0.717) is 22.3 Å². The summed E-state index contributed by atoms with van der Waals surface area (Å²) >= 11 is 1.27. The summed E-state index contributed by atoms with van der Waals surface area (Å²) in [5.41, 5.74) is 0.712. The maximum Gasteiger partial charge on any atom is 0.422 e. The molecule has 2 aromatic heterocycles. The zero-order chi connectivity index (χ0) is 21.2. The highest BCUT2D eigenvalue weighted by atomic mass is 32.2. The molecule has 29 heavy (non-hydrogen) atoms. The van der Waals surface area contributed by atoms with Crippen molar-refractivity contribution in [3.63, 3.8) is 0 Å². The summed E-state index contributed by atoms with van der Waals surface area (Å²) in [7, 11) is 1.71. The van der Waals surface area contributed by atoms with Crippen molar-refractivity contribution in [2.45, 2.75) is 18.3 Å². The highest BCUT2D eigenvalue weighted by Crippen LogP contribution is 2.26. The molecule has 0 unspecified atom stereocenters. The molecule has 11 heteroatoms. The minimum atomic E-state index is -4.58. The Morgan fingerprint density at radius 1 is 1.21 bits per heavy atom. The predicted molar refractivity (Wildman–Crippen MR) is 99.9 cm³/mol. The minimum Gasteiger partial charge on any atom is -0.481 e. The van der Waals surface area contributed by atoms with Crippen molar-refractivity contribution in [3.8, 4) is 22.8 Å². The summed E-state index contributed by atoms with van der Waals surface area (Å²) in [5.74, 6) is -0.971. The van der Waals surface area contributed by atoms with Gasteiger partial charge in [-0.05, 0) is 24.0 Å². The maximum atomic E-state index is 14.3. The molecule has 3 rings (SSSR count). The van der Waals surface area contributed by atoms with Gasteiger partial charge in [0.1, 0.15) is 0 Å². The first-order valence-electron chi connectivity index (χ1n) is 8.44. The molecule has 0 radical (unpaired) electrons. The van der Waals surface area contributed by atoms with Crippen LogP contribution in [-0.4, -0.2) is 37.9 Å². The zero-order valence-electron chi connectivity index (χ0n) is 15.4. The summed E-state index contributed by atoms with van der Waals surface area (Å²) in [5, 5.41) is 4.37. The Bertz CT molecular complexity index is 1080. The molecule has 2 heterocycles. The molecule has 0 amide bonds. The molecule has 0 spiro atoms. The molecule has 0 aliphatic heterocycles. The molecule has 1 aromatic carbocycles. The van der Waals surface area contributed by atoms with Gasteiger partial charge in [-0.2, -0.15) is 18.3 Å². The molecule has 154 valence electrons. The van der Waals surface area contributed by atoms with Crippen LogP contribution in [0.15, 0.2) is 46.5 Å². The molecular formula is C18H16F4N4O2S. The van der Waals surface area contributed by atoms with Crippen LogP contribution in [0.2, 0.25) is 0 Å². The van der Waals surface area contributed by atoms with Gasteiger partial charge >= 0.3 is 6.18 Å². The number of ether oxygens (including phenoxy) is 1. The quantitative estimate of drug-likeness (QED) is 0.339. The number of nitrogens with zero attached hydrogens (tertiary/aromatic N) is 4. The molecule has 0 aliphatic rings. The fourth-order valence-corrected chi connectivity index (χ4v) is 3.33. The summed E-state index contributed by atoms with van der Waals surface area (Å²) in [6, 6.07) is 6.31. The van der Waals surface area contributed by atoms with E-state index in [1.807, 2.05) is 6.92 Å². The van der Waals surface area contributed by atoms with Gasteiger partial charge in [0.15, 0.2) is 23.3 Å². The van der Waals surface area contributed by atoms with Gasteiger partial charge in [0.2, 0.25) is 0 Å². The number of thioether (sulfide) groups is 1. The van der Waals surface area contributed by atoms with Crippen LogP contribution in [0.25, 0.3) is 17.1 Å². The van der Waals surface area contributed by atoms with E-state index in [1.165, 1.54) is 28.5 Å². The van der Waals surface area contributed by atoms with E-state index in [0.717, 1.165) is 12.1 Å². The van der Waals surface area contributed by atoms with Crippen molar-refractivity contribution in [1.29, 1.82) is 0 Å². The van der Waals surface area contributed by atoms with E-state index in [9.17, 15) is 22.4 Å². The number of alkyl halides is 3. The van der Waals surface area contributed by atoms with Crippen LogP contribution in [0, 0.1) is 5.82 Å². The van der Waals surface area contributed by atoms with Crippen LogP contribution >= 0.6 is 11.8 Å². The molecule has 0 bridgehead atoms. The van der Waals surface area contributed by atoms with Crippen molar-refractivity contribution < 1.29 is 22.3 Å². The SMILES string of the molecule is CCSc1nc(-c2ccnn2C)cc(=O)n1-c1ccc(OCC(F)(F)F)c(F)c1. The Labute approximate surface area is 167 Å². The summed E-state index contributed by atoms with van der Waals surface area (Å²) in [4.78, 5) is 17.3. The molecular weight excluding hydrogens is 412 g/mol. The highest BCUT2D eigenvalue weighted by Gasteiger charge is 2.29. The zero-order valence-corrected chi connectivity index (χ0v) is 16.2. The minimum absolute atomic E-state index is 0.131. The van der Waals surface area contributed by atoms with E-state index in [-0.39, 0.29) is 5.69 Å². The highest BCUT2D eigenvalue weighted by molar-refractivity contribution is 7.99. The summed E-state index contributed by atoms with van der Waals surface area (Å²) in [6.45, 7) is 0.258. The second-order valence-electron chi connectivity index (χ2n) is 5.89. The third-order valence-corrected chi connectivity index (χ3v) is 4.63. The van der Waals surface area contributed by atoms with Gasteiger partial charge in [0.05, 0.1) is 17.1 Å². The summed E-state index contributed by atoms with van der Waals surface area (Å²) in [6.07, 6.45) is -3.01. The third kappa shape index (κ3) is 4.78. The first-order chi connectivity index (χ1) is 13.7. The van der Waals surface area contributed by atoms with Crippen LogP contribution in [0.5, 0.6) is 5.75 Å². The van der Waals surface area contributed by atoms with Crippen LogP contribution in [0.4, 0.5) is 17.6 Å². The van der Waals surface area contributed by atoms with Gasteiger partial charge in [-0.15, -0.1) is 0 Å². The van der Waals surface area contributed by atoms with E-state index in [4.69, 9.17) is 0 Å². The Morgan fingerprint density at radius 3 is 2.55 bits per heavy atom. The Kier molecular flexibility index (Phi) is 5.96. The summed E-state index contributed by atoms with van der Waals surface area (Å²) < 4.78 is 58.3. The van der Waals surface area contributed by atoms with Gasteiger partial charge in [-0.1, -0.05) is 18.7 Å². The molecule has 0 saturated heterocycles. The first-order valence-corrected chi connectivity index (χ1v) is 9.43. The monoisotopic (exact) mass is 428 g/mol. The van der Waals surface area contributed by atoms with Crippen molar-refractivity contribution in [2.24, 2.45) is 7.05 Å². The Balaban J connectivity index is 2.03. The third-order valence-electron chi connectivity index (χ3n) is 3.81. The van der Waals surface area contributed by atoms with Gasteiger partial charge in [-0.25, -0.2) is 9.37 Å². The van der Waals surface area contributed by atoms with Crippen LogP contribution in [0.1, 0.15) is 6.92 Å². The first kappa shape index (κ1) is 20.9. The van der Waals surface area contributed by atoms with Crippen molar-refractivity contribution >= 4 is 11.8 Å². The smallest absolute Gasteiger partial charge is 0.422 e. The molecule has 0 aliphatic carbocycles. The van der Waals surface area contributed by atoms with Gasteiger partial charge in [0, 0.05) is 25.4 Å². The molecule has 6 nitrogen and oxygen atoms in total. The average molecular weight is 428 g/mol. The maximum absolute atomic E-state index is 14.3. The van der Waals surface area contributed by atoms with E-state index in [1.54, 1.807) is 24.0 Å². The van der Waals surface area contributed by atoms with Crippen molar-refractivity contribution in [3.05, 3.63) is 52.7 Å². The fourth-order valence-electron chi connectivity index (χ4n) is 2.59. The predicted octanol–water partition coefficient (Wildman–Crippen LogP) is 3.83. The molecule has 0 N–H and O–H groups in total. The molecule has 0 atom stereocenters. The normalized spacial score (nSPS) is 11.7. The van der Waals surface area contributed by atoms with Crippen molar-refractivity contribution in [1.82, 2.24) is 19.3 Å². The molecule has 3 aromatic rings. The Morgan fingerprint density at radius 2 is 1.97 bits per heavy atom. The Hall–Kier alpha value is -2.82. The van der Waals surface area contributed by atoms with E-state index < -0.39 is 29.9 Å². The average Bonchev–Trinajstić information content (AvgIpc) is 3.06. The number of aromatic nitrogens is 4. The number of halogens is 4. The van der Waals surface area contributed by atoms with E-state index >= 15 is 0 Å². The van der Waals surface area contributed by atoms with Gasteiger partial charge < -0.3 is 4.74 Å².